The molecular weight excluding hydrogens is 320 g/mol. The first-order chi connectivity index (χ1) is 9.65. The number of carboxylic acids is 1. The average Bonchev–Trinajstić information content (AvgIpc) is 3.11. The van der Waals surface area contributed by atoms with Gasteiger partial charge in [-0.1, -0.05) is 15.9 Å². The zero-order chi connectivity index (χ0) is 13.9. The normalized spacial score (nSPS) is 23.1. The van der Waals surface area contributed by atoms with E-state index in [2.05, 4.69) is 21.0 Å². The Morgan fingerprint density at radius 2 is 1.95 bits per heavy atom. The second kappa shape index (κ2) is 4.19. The zero-order valence-corrected chi connectivity index (χ0v) is 12.3. The van der Waals surface area contributed by atoms with Crippen LogP contribution in [0.25, 0.3) is 5.69 Å². The van der Waals surface area contributed by atoms with Gasteiger partial charge in [0.1, 0.15) is 0 Å². The molecule has 0 unspecified atom stereocenters. The molecule has 0 spiro atoms. The second-order valence-corrected chi connectivity index (χ2v) is 6.46. The zero-order valence-electron chi connectivity index (χ0n) is 10.7. The minimum Gasteiger partial charge on any atom is -0.476 e. The van der Waals surface area contributed by atoms with E-state index in [4.69, 9.17) is 0 Å². The van der Waals surface area contributed by atoms with Gasteiger partial charge in [-0.25, -0.2) is 9.48 Å². The van der Waals surface area contributed by atoms with Crippen LogP contribution in [0.2, 0.25) is 0 Å². The van der Waals surface area contributed by atoms with E-state index in [0.29, 0.717) is 11.8 Å². The van der Waals surface area contributed by atoms with Crippen LogP contribution in [0.1, 0.15) is 52.8 Å². The summed E-state index contributed by atoms with van der Waals surface area (Å²) in [6.07, 6.45) is 3.34. The van der Waals surface area contributed by atoms with Crippen molar-refractivity contribution < 1.29 is 9.90 Å². The highest BCUT2D eigenvalue weighted by Crippen LogP contribution is 2.54. The summed E-state index contributed by atoms with van der Waals surface area (Å²) in [5.74, 6) is -0.0470. The Morgan fingerprint density at radius 1 is 1.25 bits per heavy atom. The Morgan fingerprint density at radius 3 is 2.65 bits per heavy atom. The Balaban J connectivity index is 1.93. The van der Waals surface area contributed by atoms with Crippen LogP contribution < -0.4 is 0 Å². The van der Waals surface area contributed by atoms with E-state index in [1.807, 2.05) is 28.9 Å². The molecule has 1 heterocycles. The number of aromatic nitrogens is 2. The molecule has 1 N–H and O–H groups in total. The van der Waals surface area contributed by atoms with E-state index in [0.717, 1.165) is 40.7 Å². The van der Waals surface area contributed by atoms with Crippen LogP contribution in [0, 0.1) is 0 Å². The van der Waals surface area contributed by atoms with Crippen molar-refractivity contribution >= 4 is 21.9 Å². The topological polar surface area (TPSA) is 55.1 Å². The molecule has 102 valence electrons. The van der Waals surface area contributed by atoms with E-state index >= 15 is 0 Å². The third-order valence-electron chi connectivity index (χ3n) is 4.46. The molecule has 0 amide bonds. The number of hydrogen-bond acceptors (Lipinski definition) is 2. The van der Waals surface area contributed by atoms with Gasteiger partial charge in [0, 0.05) is 16.0 Å². The summed E-state index contributed by atoms with van der Waals surface area (Å²) in [6, 6.07) is 7.85. The van der Waals surface area contributed by atoms with Crippen molar-refractivity contribution in [2.24, 2.45) is 0 Å². The fourth-order valence-corrected chi connectivity index (χ4v) is 3.93. The van der Waals surface area contributed by atoms with Crippen molar-refractivity contribution in [1.29, 1.82) is 0 Å². The van der Waals surface area contributed by atoms with Crippen LogP contribution in [0.3, 0.4) is 0 Å². The summed E-state index contributed by atoms with van der Waals surface area (Å²) in [7, 11) is 0. The molecule has 4 rings (SSSR count). The molecule has 2 aromatic rings. The summed E-state index contributed by atoms with van der Waals surface area (Å²) in [4.78, 5) is 11.5. The van der Waals surface area contributed by atoms with Gasteiger partial charge in [-0.15, -0.1) is 0 Å². The summed E-state index contributed by atoms with van der Waals surface area (Å²) in [5, 5.41) is 13.8. The number of carboxylic acid groups (broad SMARTS) is 1. The van der Waals surface area contributed by atoms with Crippen LogP contribution in [0.5, 0.6) is 0 Å². The van der Waals surface area contributed by atoms with Gasteiger partial charge >= 0.3 is 5.97 Å². The number of benzene rings is 1. The van der Waals surface area contributed by atoms with Crippen LogP contribution in [-0.4, -0.2) is 20.9 Å². The maximum atomic E-state index is 11.5. The maximum absolute atomic E-state index is 11.5. The average molecular weight is 333 g/mol. The summed E-state index contributed by atoms with van der Waals surface area (Å²) < 4.78 is 2.85. The fourth-order valence-electron chi connectivity index (χ4n) is 3.67. The predicted octanol–water partition coefficient (Wildman–Crippen LogP) is 3.70. The number of fused-ring (bicyclic) bond motifs is 5. The minimum atomic E-state index is -0.912. The van der Waals surface area contributed by atoms with Crippen molar-refractivity contribution in [3.05, 3.63) is 45.7 Å². The first kappa shape index (κ1) is 12.1. The highest BCUT2D eigenvalue weighted by atomic mass is 79.9. The van der Waals surface area contributed by atoms with Crippen molar-refractivity contribution in [2.75, 3.05) is 0 Å². The molecule has 1 aromatic heterocycles. The number of halogens is 1. The van der Waals surface area contributed by atoms with E-state index in [1.54, 1.807) is 0 Å². The van der Waals surface area contributed by atoms with Crippen LogP contribution in [0.4, 0.5) is 0 Å². The molecule has 1 aromatic carbocycles. The van der Waals surface area contributed by atoms with Crippen molar-refractivity contribution in [3.63, 3.8) is 0 Å². The summed E-state index contributed by atoms with van der Waals surface area (Å²) in [5.41, 5.74) is 3.29. The second-order valence-electron chi connectivity index (χ2n) is 5.55. The molecule has 4 nitrogen and oxygen atoms in total. The first-order valence-corrected chi connectivity index (χ1v) is 7.56. The van der Waals surface area contributed by atoms with Gasteiger partial charge in [-0.05, 0) is 49.4 Å². The van der Waals surface area contributed by atoms with Crippen LogP contribution in [0.15, 0.2) is 28.7 Å². The Bertz CT molecular complexity index is 705. The number of rotatable bonds is 2. The Labute approximate surface area is 124 Å². The van der Waals surface area contributed by atoms with Gasteiger partial charge in [-0.2, -0.15) is 5.10 Å². The van der Waals surface area contributed by atoms with Gasteiger partial charge in [0.25, 0.3) is 0 Å². The van der Waals surface area contributed by atoms with Crippen molar-refractivity contribution in [1.82, 2.24) is 9.78 Å². The molecule has 1 fully saturated rings. The lowest BCUT2D eigenvalue weighted by molar-refractivity contribution is 0.0688. The fraction of sp³-hybridized carbons (Fsp3) is 0.333. The minimum absolute atomic E-state index is 0.245. The summed E-state index contributed by atoms with van der Waals surface area (Å²) in [6.45, 7) is 0. The third kappa shape index (κ3) is 1.59. The molecule has 5 heteroatoms. The molecule has 0 radical (unpaired) electrons. The van der Waals surface area contributed by atoms with Gasteiger partial charge in [0.2, 0.25) is 0 Å². The SMILES string of the molecule is O=C(O)c1nn(-c2ccc(Br)cc2)c2c1[C@H]1CC[C@@H]2C1. The lowest BCUT2D eigenvalue weighted by Crippen LogP contribution is -2.05. The number of aromatic carboxylic acids is 1. The Kier molecular flexibility index (Phi) is 2.54. The molecule has 0 aliphatic heterocycles. The van der Waals surface area contributed by atoms with Gasteiger partial charge in [0.15, 0.2) is 5.69 Å². The third-order valence-corrected chi connectivity index (χ3v) is 4.99. The smallest absolute Gasteiger partial charge is 0.356 e. The largest absolute Gasteiger partial charge is 0.476 e. The molecule has 2 aliphatic carbocycles. The molecule has 1 saturated carbocycles. The molecular formula is C15H13BrN2O2. The lowest BCUT2D eigenvalue weighted by atomic mass is 9.95. The van der Waals surface area contributed by atoms with Gasteiger partial charge in [0.05, 0.1) is 11.4 Å². The van der Waals surface area contributed by atoms with E-state index < -0.39 is 5.97 Å². The summed E-state index contributed by atoms with van der Waals surface area (Å²) >= 11 is 3.42. The quantitative estimate of drug-likeness (QED) is 0.912. The molecule has 0 saturated heterocycles. The first-order valence-electron chi connectivity index (χ1n) is 6.77. The van der Waals surface area contributed by atoms with Crippen LogP contribution in [-0.2, 0) is 0 Å². The molecule has 2 bridgehead atoms. The van der Waals surface area contributed by atoms with E-state index in [-0.39, 0.29) is 5.69 Å². The van der Waals surface area contributed by atoms with Gasteiger partial charge in [-0.3, -0.25) is 0 Å². The van der Waals surface area contributed by atoms with Crippen molar-refractivity contribution in [3.8, 4) is 5.69 Å². The molecule has 20 heavy (non-hydrogen) atoms. The standard InChI is InChI=1S/C15H13BrN2O2/c16-10-3-5-11(6-4-10)18-14-9-2-1-8(7-9)12(14)13(17-18)15(19)20/h3-6,8-9H,1-2,7H2,(H,19,20)/t8-,9+/m0/s1. The molecule has 2 aliphatic rings. The maximum Gasteiger partial charge on any atom is 0.356 e. The lowest BCUT2D eigenvalue weighted by Gasteiger charge is -2.13. The predicted molar refractivity (Wildman–Crippen MR) is 77.6 cm³/mol. The number of nitrogens with zero attached hydrogens (tertiary/aromatic N) is 2. The van der Waals surface area contributed by atoms with Crippen molar-refractivity contribution in [2.45, 2.75) is 31.1 Å². The number of hydrogen-bond donors (Lipinski definition) is 1. The Hall–Kier alpha value is -1.62. The number of carbonyl (C=O) groups is 1. The molecule has 2 atom stereocenters. The van der Waals surface area contributed by atoms with Gasteiger partial charge < -0.3 is 5.11 Å². The highest BCUT2D eigenvalue weighted by molar-refractivity contribution is 9.10. The van der Waals surface area contributed by atoms with E-state index in [1.165, 1.54) is 0 Å². The van der Waals surface area contributed by atoms with E-state index in [9.17, 15) is 9.90 Å². The monoisotopic (exact) mass is 332 g/mol. The van der Waals surface area contributed by atoms with Crippen LogP contribution >= 0.6 is 15.9 Å². The highest BCUT2D eigenvalue weighted by Gasteiger charge is 2.44.